The predicted molar refractivity (Wildman–Crippen MR) is 61.5 cm³/mol. The Kier molecular flexibility index (Phi) is 5.05. The fourth-order valence-corrected chi connectivity index (χ4v) is 1.68. The molecule has 1 atom stereocenters. The van der Waals surface area contributed by atoms with E-state index in [0.717, 1.165) is 13.0 Å². The topological polar surface area (TPSA) is 58.4 Å². The van der Waals surface area contributed by atoms with Crippen molar-refractivity contribution in [2.75, 3.05) is 26.7 Å². The lowest BCUT2D eigenvalue weighted by Gasteiger charge is -2.16. The molecular weight excluding hydrogens is 190 g/mol. The van der Waals surface area contributed by atoms with E-state index in [0.29, 0.717) is 19.0 Å². The first kappa shape index (κ1) is 12.5. The smallest absolute Gasteiger partial charge is 0.234 e. The molecule has 4 nitrogen and oxygen atoms in total. The Morgan fingerprint density at radius 2 is 2.27 bits per heavy atom. The number of hydrogen-bond acceptors (Lipinski definition) is 3. The molecule has 3 N–H and O–H groups in total. The monoisotopic (exact) mass is 213 g/mol. The second kappa shape index (κ2) is 6.08. The first-order valence-corrected chi connectivity index (χ1v) is 5.84. The van der Waals surface area contributed by atoms with Gasteiger partial charge in [-0.15, -0.1) is 0 Å². The van der Waals surface area contributed by atoms with Crippen LogP contribution in [0.1, 0.15) is 26.2 Å². The van der Waals surface area contributed by atoms with Crippen LogP contribution in [0.25, 0.3) is 0 Å². The third kappa shape index (κ3) is 5.14. The van der Waals surface area contributed by atoms with Gasteiger partial charge < -0.3 is 11.1 Å². The molecule has 0 aliphatic heterocycles. The lowest BCUT2D eigenvalue weighted by molar-refractivity contribution is -0.122. The summed E-state index contributed by atoms with van der Waals surface area (Å²) in [7, 11) is 1.96. The molecule has 0 spiro atoms. The molecule has 1 aliphatic rings. The van der Waals surface area contributed by atoms with Crippen molar-refractivity contribution >= 4 is 5.91 Å². The minimum absolute atomic E-state index is 0.0852. The van der Waals surface area contributed by atoms with E-state index in [1.807, 2.05) is 11.9 Å². The third-order valence-corrected chi connectivity index (χ3v) is 2.78. The Morgan fingerprint density at radius 1 is 1.60 bits per heavy atom. The molecular formula is C11H23N3O. The zero-order chi connectivity index (χ0) is 11.3. The Labute approximate surface area is 92.2 Å². The van der Waals surface area contributed by atoms with Crippen molar-refractivity contribution in [1.82, 2.24) is 10.2 Å². The highest BCUT2D eigenvalue weighted by Crippen LogP contribution is 2.31. The van der Waals surface area contributed by atoms with E-state index in [9.17, 15) is 4.79 Å². The van der Waals surface area contributed by atoms with Gasteiger partial charge >= 0.3 is 0 Å². The zero-order valence-electron chi connectivity index (χ0n) is 9.83. The van der Waals surface area contributed by atoms with Gasteiger partial charge in [0.1, 0.15) is 0 Å². The van der Waals surface area contributed by atoms with Crippen LogP contribution in [0, 0.1) is 5.92 Å². The molecule has 1 fully saturated rings. The summed E-state index contributed by atoms with van der Waals surface area (Å²) in [6.07, 6.45) is 3.53. The number of carbonyl (C=O) groups is 1. The van der Waals surface area contributed by atoms with E-state index < -0.39 is 0 Å². The Morgan fingerprint density at radius 3 is 2.80 bits per heavy atom. The van der Waals surface area contributed by atoms with Crippen molar-refractivity contribution in [2.45, 2.75) is 32.2 Å². The summed E-state index contributed by atoms with van der Waals surface area (Å²) < 4.78 is 0. The molecule has 1 amide bonds. The van der Waals surface area contributed by atoms with Crippen molar-refractivity contribution < 1.29 is 4.79 Å². The molecule has 15 heavy (non-hydrogen) atoms. The molecule has 0 heterocycles. The molecule has 0 aromatic rings. The molecule has 0 aromatic carbocycles. The molecule has 88 valence electrons. The highest BCUT2D eigenvalue weighted by molar-refractivity contribution is 5.78. The van der Waals surface area contributed by atoms with Gasteiger partial charge in [-0.1, -0.05) is 6.92 Å². The molecule has 0 radical (unpaired) electrons. The maximum Gasteiger partial charge on any atom is 0.234 e. The normalized spacial score (nSPS) is 17.9. The van der Waals surface area contributed by atoms with E-state index >= 15 is 0 Å². The summed E-state index contributed by atoms with van der Waals surface area (Å²) >= 11 is 0. The molecule has 0 bridgehead atoms. The molecule has 1 saturated carbocycles. The van der Waals surface area contributed by atoms with Gasteiger partial charge in [0, 0.05) is 12.6 Å². The summed E-state index contributed by atoms with van der Waals surface area (Å²) in [6, 6.07) is 0.158. The Bertz CT molecular complexity index is 204. The number of rotatable bonds is 7. The lowest BCUT2D eigenvalue weighted by Crippen LogP contribution is -2.42. The van der Waals surface area contributed by atoms with Gasteiger partial charge in [0.2, 0.25) is 5.91 Å². The third-order valence-electron chi connectivity index (χ3n) is 2.78. The van der Waals surface area contributed by atoms with E-state index in [2.05, 4.69) is 12.2 Å². The number of nitrogens with one attached hydrogen (secondary N) is 1. The largest absolute Gasteiger partial charge is 0.353 e. The average molecular weight is 213 g/mol. The van der Waals surface area contributed by atoms with Crippen molar-refractivity contribution in [3.63, 3.8) is 0 Å². The summed E-state index contributed by atoms with van der Waals surface area (Å²) in [5.41, 5.74) is 5.89. The number of hydrogen-bond donors (Lipinski definition) is 2. The summed E-state index contributed by atoms with van der Waals surface area (Å²) in [6.45, 7) is 4.17. The molecule has 4 heteroatoms. The van der Waals surface area contributed by atoms with Crippen LogP contribution >= 0.6 is 0 Å². The van der Waals surface area contributed by atoms with Gasteiger partial charge in [0.05, 0.1) is 6.54 Å². The van der Waals surface area contributed by atoms with E-state index in [-0.39, 0.29) is 11.9 Å². The van der Waals surface area contributed by atoms with Crippen LogP contribution in [0.15, 0.2) is 0 Å². The van der Waals surface area contributed by atoms with Gasteiger partial charge in [-0.05, 0) is 38.8 Å². The molecule has 1 aliphatic carbocycles. The quantitative estimate of drug-likeness (QED) is 0.634. The minimum Gasteiger partial charge on any atom is -0.353 e. The van der Waals surface area contributed by atoms with Gasteiger partial charge in [-0.25, -0.2) is 0 Å². The first-order valence-electron chi connectivity index (χ1n) is 5.84. The summed E-state index contributed by atoms with van der Waals surface area (Å²) in [4.78, 5) is 13.5. The van der Waals surface area contributed by atoms with E-state index in [1.165, 1.54) is 12.8 Å². The van der Waals surface area contributed by atoms with Crippen LogP contribution in [0.4, 0.5) is 0 Å². The molecule has 0 aromatic heterocycles. The maximum absolute atomic E-state index is 11.5. The molecule has 1 rings (SSSR count). The number of nitrogens with two attached hydrogens (primary N) is 1. The van der Waals surface area contributed by atoms with Crippen LogP contribution in [-0.2, 0) is 4.79 Å². The van der Waals surface area contributed by atoms with Gasteiger partial charge in [-0.2, -0.15) is 0 Å². The zero-order valence-corrected chi connectivity index (χ0v) is 9.83. The van der Waals surface area contributed by atoms with Crippen LogP contribution in [0.2, 0.25) is 0 Å². The summed E-state index contributed by atoms with van der Waals surface area (Å²) in [5.74, 6) is 0.737. The van der Waals surface area contributed by atoms with Crippen LogP contribution in [0.3, 0.4) is 0 Å². The van der Waals surface area contributed by atoms with E-state index in [1.54, 1.807) is 0 Å². The second-order valence-corrected chi connectivity index (χ2v) is 4.54. The van der Waals surface area contributed by atoms with E-state index in [4.69, 9.17) is 5.73 Å². The number of carbonyl (C=O) groups excluding carboxylic acids is 1. The minimum atomic E-state index is 0.0852. The van der Waals surface area contributed by atoms with Crippen molar-refractivity contribution in [1.29, 1.82) is 0 Å². The fraction of sp³-hybridized carbons (Fsp3) is 0.909. The van der Waals surface area contributed by atoms with Crippen molar-refractivity contribution in [3.8, 4) is 0 Å². The summed E-state index contributed by atoms with van der Waals surface area (Å²) in [5, 5.41) is 2.89. The Balaban J connectivity index is 2.06. The van der Waals surface area contributed by atoms with Gasteiger partial charge in [0.15, 0.2) is 0 Å². The average Bonchev–Trinajstić information content (AvgIpc) is 2.97. The van der Waals surface area contributed by atoms with Gasteiger partial charge in [-0.3, -0.25) is 9.69 Å². The number of amides is 1. The van der Waals surface area contributed by atoms with Crippen molar-refractivity contribution in [3.05, 3.63) is 0 Å². The SMILES string of the molecule is CCCN(C)CC(=O)NCC(N)C1CC1. The molecule has 0 saturated heterocycles. The van der Waals surface area contributed by atoms with Crippen LogP contribution in [0.5, 0.6) is 0 Å². The first-order chi connectivity index (χ1) is 7.13. The van der Waals surface area contributed by atoms with Crippen molar-refractivity contribution in [2.24, 2.45) is 11.7 Å². The van der Waals surface area contributed by atoms with Crippen LogP contribution < -0.4 is 11.1 Å². The van der Waals surface area contributed by atoms with Gasteiger partial charge in [0.25, 0.3) is 0 Å². The highest BCUT2D eigenvalue weighted by atomic mass is 16.2. The number of likely N-dealkylation sites (N-methyl/N-ethyl adjacent to an activating group) is 1. The van der Waals surface area contributed by atoms with Crippen LogP contribution in [-0.4, -0.2) is 43.5 Å². The molecule has 1 unspecified atom stereocenters. The second-order valence-electron chi connectivity index (χ2n) is 4.54. The number of nitrogens with zero attached hydrogens (tertiary/aromatic N) is 1. The predicted octanol–water partition coefficient (Wildman–Crippen LogP) is 0.182. The maximum atomic E-state index is 11.5. The lowest BCUT2D eigenvalue weighted by atomic mass is 10.2. The Hall–Kier alpha value is -0.610. The highest BCUT2D eigenvalue weighted by Gasteiger charge is 2.28. The standard InChI is InChI=1S/C11H23N3O/c1-3-6-14(2)8-11(15)13-7-10(12)9-4-5-9/h9-10H,3-8,12H2,1-2H3,(H,13,15). The fourth-order valence-electron chi connectivity index (χ4n) is 1.68.